The van der Waals surface area contributed by atoms with E-state index in [4.69, 9.17) is 14.0 Å². The highest BCUT2D eigenvalue weighted by atomic mass is 32.7. The molecular weight excluding hydrogens is 547 g/mol. The number of carbonyl (C=O) groups is 3. The highest BCUT2D eigenvalue weighted by Crippen LogP contribution is 2.57. The van der Waals surface area contributed by atoms with E-state index < -0.39 is 84.5 Å². The van der Waals surface area contributed by atoms with Crippen LogP contribution in [-0.4, -0.2) is 79.9 Å². The minimum absolute atomic E-state index is 0.0883. The van der Waals surface area contributed by atoms with Gasteiger partial charge in [0.25, 0.3) is 5.56 Å². The lowest BCUT2D eigenvalue weighted by Gasteiger charge is -2.27. The van der Waals surface area contributed by atoms with Gasteiger partial charge in [0.1, 0.15) is 23.9 Å². The molecule has 17 heteroatoms. The normalized spacial score (nSPS) is 29.8. The zero-order chi connectivity index (χ0) is 28.4. The second-order valence-electron chi connectivity index (χ2n) is 9.45. The van der Waals surface area contributed by atoms with Crippen LogP contribution in [0.4, 0.5) is 0 Å². The average Bonchev–Trinajstić information content (AvgIpc) is 3.25. The molecule has 2 unspecified atom stereocenters. The molecule has 0 bridgehead atoms. The average molecular weight is 579 g/mol. The highest BCUT2D eigenvalue weighted by molar-refractivity contribution is 8.56. The summed E-state index contributed by atoms with van der Waals surface area (Å²) in [5, 5.41) is 26.3. The molecule has 0 saturated carbocycles. The number of nitrogens with zero attached hydrogens (tertiary/aromatic N) is 1. The molecule has 38 heavy (non-hydrogen) atoms. The van der Waals surface area contributed by atoms with Crippen molar-refractivity contribution in [2.45, 2.75) is 70.3 Å². The summed E-state index contributed by atoms with van der Waals surface area (Å²) < 4.78 is 31.0. The lowest BCUT2D eigenvalue weighted by molar-refractivity contribution is -0.149. The van der Waals surface area contributed by atoms with Crippen molar-refractivity contribution in [1.29, 1.82) is 0 Å². The number of amides is 2. The summed E-state index contributed by atoms with van der Waals surface area (Å²) in [6.45, 7) is 1.31. The van der Waals surface area contributed by atoms with E-state index in [1.165, 1.54) is 13.8 Å². The number of hydrogen-bond donors (Lipinski definition) is 5. The number of rotatable bonds is 11. The van der Waals surface area contributed by atoms with E-state index in [9.17, 15) is 38.8 Å². The minimum Gasteiger partial charge on any atom is -0.462 e. The molecule has 0 spiro atoms. The van der Waals surface area contributed by atoms with E-state index >= 15 is 0 Å². The number of nitrogens with one attached hydrogen (secondary N) is 3. The second-order valence-corrected chi connectivity index (χ2v) is 13.8. The number of esters is 1. The van der Waals surface area contributed by atoms with E-state index in [1.54, 1.807) is 13.8 Å². The SMILES string of the molecule is CC(C)OC(=O)[C@H](C)N[P@](=O)(OC[C@H]1OC(n2ccc(=O)[nH]c2=O)[C@](C)(O)[C@@H]1O)SCC1CC(=O)NC1=O. The van der Waals surface area contributed by atoms with Crippen LogP contribution in [0.3, 0.4) is 0 Å². The van der Waals surface area contributed by atoms with Crippen LogP contribution in [0.15, 0.2) is 21.9 Å². The first-order chi connectivity index (χ1) is 17.6. The van der Waals surface area contributed by atoms with E-state index in [0.29, 0.717) is 11.4 Å². The quantitative estimate of drug-likeness (QED) is 0.121. The zero-order valence-electron chi connectivity index (χ0n) is 21.1. The molecule has 2 amide bonds. The predicted octanol–water partition coefficient (Wildman–Crippen LogP) is -1.00. The summed E-state index contributed by atoms with van der Waals surface area (Å²) in [6.07, 6.45) is -3.78. The Kier molecular flexibility index (Phi) is 9.40. The van der Waals surface area contributed by atoms with Gasteiger partial charge in [-0.15, -0.1) is 0 Å². The first-order valence-electron chi connectivity index (χ1n) is 11.7. The summed E-state index contributed by atoms with van der Waals surface area (Å²) in [6, 6.07) is -0.0624. The third-order valence-corrected chi connectivity index (χ3v) is 10.0. The Morgan fingerprint density at radius 1 is 1.34 bits per heavy atom. The van der Waals surface area contributed by atoms with Crippen molar-refractivity contribution in [3.8, 4) is 0 Å². The van der Waals surface area contributed by atoms with Crippen LogP contribution < -0.4 is 21.7 Å². The molecule has 1 aromatic rings. The van der Waals surface area contributed by atoms with Gasteiger partial charge >= 0.3 is 18.4 Å². The molecule has 1 aromatic heterocycles. The Balaban J connectivity index is 1.76. The number of aromatic nitrogens is 2. The van der Waals surface area contributed by atoms with E-state index in [0.717, 1.165) is 16.8 Å². The maximum absolute atomic E-state index is 13.7. The Labute approximate surface area is 220 Å². The van der Waals surface area contributed by atoms with Crippen LogP contribution >= 0.6 is 18.1 Å². The number of imide groups is 1. The number of H-pyrrole nitrogens is 1. The Bertz CT molecular complexity index is 1230. The monoisotopic (exact) mass is 578 g/mol. The van der Waals surface area contributed by atoms with Crippen LogP contribution in [0.1, 0.15) is 40.3 Å². The van der Waals surface area contributed by atoms with Crippen LogP contribution in [0.25, 0.3) is 0 Å². The van der Waals surface area contributed by atoms with Gasteiger partial charge in [-0.2, -0.15) is 0 Å². The molecule has 0 aliphatic carbocycles. The molecule has 2 saturated heterocycles. The number of hydrogen-bond acceptors (Lipinski definition) is 12. The van der Waals surface area contributed by atoms with Gasteiger partial charge in [-0.3, -0.25) is 38.6 Å². The largest absolute Gasteiger partial charge is 0.462 e. The summed E-state index contributed by atoms with van der Waals surface area (Å²) in [5.41, 5.74) is -3.57. The summed E-state index contributed by atoms with van der Waals surface area (Å²) in [7, 11) is 0. The van der Waals surface area contributed by atoms with Gasteiger partial charge in [0.05, 0.1) is 18.6 Å². The molecular formula is C21H31N4O11PS. The van der Waals surface area contributed by atoms with Crippen molar-refractivity contribution < 1.29 is 43.2 Å². The topological polar surface area (TPSA) is 215 Å². The molecule has 3 heterocycles. The summed E-state index contributed by atoms with van der Waals surface area (Å²) >= 11 is 0.684. The van der Waals surface area contributed by atoms with Gasteiger partial charge in [0.15, 0.2) is 6.23 Å². The first-order valence-corrected chi connectivity index (χ1v) is 14.9. The number of carbonyl (C=O) groups excluding carboxylic acids is 3. The Morgan fingerprint density at radius 2 is 2.03 bits per heavy atom. The molecule has 2 fully saturated rings. The smallest absolute Gasteiger partial charge is 0.330 e. The van der Waals surface area contributed by atoms with Crippen molar-refractivity contribution in [2.24, 2.45) is 5.92 Å². The van der Waals surface area contributed by atoms with E-state index in [2.05, 4.69) is 10.4 Å². The van der Waals surface area contributed by atoms with Gasteiger partial charge < -0.3 is 24.2 Å². The summed E-state index contributed by atoms with van der Waals surface area (Å²) in [5.74, 6) is -2.56. The summed E-state index contributed by atoms with van der Waals surface area (Å²) in [4.78, 5) is 61.4. The van der Waals surface area contributed by atoms with E-state index in [-0.39, 0.29) is 12.2 Å². The zero-order valence-corrected chi connectivity index (χ0v) is 22.8. The van der Waals surface area contributed by atoms with Gasteiger partial charge in [0, 0.05) is 24.4 Å². The molecule has 0 radical (unpaired) electrons. The standard InChI is InChI=1S/C21H31N4O11PS/c1-10(2)35-18(30)11(3)24-37(33,38-9-12-7-15(27)22-17(12)29)34-8-13-16(28)21(4,32)19(36-13)25-6-5-14(26)23-20(25)31/h5-6,10-13,16,19,28,32H,7-9H2,1-4H3,(H,24,33)(H,22,27,29)(H,23,26,31)/t11-,12?,13+,16+,19?,21+,37-/m0/s1. The fourth-order valence-corrected chi connectivity index (χ4v) is 7.85. The van der Waals surface area contributed by atoms with Crippen LogP contribution in [0.5, 0.6) is 0 Å². The van der Waals surface area contributed by atoms with Crippen molar-refractivity contribution in [3.05, 3.63) is 33.1 Å². The molecule has 2 aliphatic rings. The molecule has 212 valence electrons. The molecule has 5 N–H and O–H groups in total. The van der Waals surface area contributed by atoms with Gasteiger partial charge in [-0.1, -0.05) is 11.4 Å². The Morgan fingerprint density at radius 3 is 2.61 bits per heavy atom. The van der Waals surface area contributed by atoms with Crippen LogP contribution in [0.2, 0.25) is 0 Å². The number of aromatic amines is 1. The van der Waals surface area contributed by atoms with Gasteiger partial charge in [-0.05, 0) is 27.7 Å². The van der Waals surface area contributed by atoms with Crippen LogP contribution in [-0.2, 0) is 32.9 Å². The van der Waals surface area contributed by atoms with Gasteiger partial charge in [-0.25, -0.2) is 9.88 Å². The Hall–Kier alpha value is -2.33. The number of aliphatic hydroxyl groups excluding tert-OH is 1. The van der Waals surface area contributed by atoms with Crippen molar-refractivity contribution in [3.63, 3.8) is 0 Å². The lowest BCUT2D eigenvalue weighted by Crippen LogP contribution is -2.47. The maximum atomic E-state index is 13.7. The van der Waals surface area contributed by atoms with Crippen molar-refractivity contribution in [2.75, 3.05) is 12.4 Å². The molecule has 15 nitrogen and oxygen atoms in total. The van der Waals surface area contributed by atoms with E-state index in [1.807, 2.05) is 4.98 Å². The molecule has 7 atom stereocenters. The first kappa shape index (κ1) is 30.2. The number of aliphatic hydroxyl groups is 2. The maximum Gasteiger partial charge on any atom is 0.330 e. The molecule has 2 aliphatic heterocycles. The lowest BCUT2D eigenvalue weighted by atomic mass is 9.96. The third-order valence-electron chi connectivity index (χ3n) is 5.84. The van der Waals surface area contributed by atoms with Crippen molar-refractivity contribution >= 4 is 35.9 Å². The van der Waals surface area contributed by atoms with Crippen molar-refractivity contribution in [1.82, 2.24) is 20.0 Å². The molecule has 0 aromatic carbocycles. The number of ether oxygens (including phenoxy) is 2. The molecule has 3 rings (SSSR count). The minimum atomic E-state index is -4.01. The fraction of sp³-hybridized carbons (Fsp3) is 0.667. The second kappa shape index (κ2) is 11.8. The fourth-order valence-electron chi connectivity index (χ4n) is 3.83. The predicted molar refractivity (Wildman–Crippen MR) is 133 cm³/mol. The van der Waals surface area contributed by atoms with Gasteiger partial charge in [0.2, 0.25) is 11.8 Å². The third kappa shape index (κ3) is 7.00. The van der Waals surface area contributed by atoms with Crippen LogP contribution in [0, 0.1) is 5.92 Å². The highest BCUT2D eigenvalue weighted by Gasteiger charge is 2.54.